The van der Waals surface area contributed by atoms with Crippen LogP contribution in [0, 0.1) is 25.2 Å². The number of rotatable bonds is 5. The van der Waals surface area contributed by atoms with Gasteiger partial charge in [-0.25, -0.2) is 9.50 Å². The van der Waals surface area contributed by atoms with Gasteiger partial charge in [0.15, 0.2) is 5.65 Å². The Labute approximate surface area is 201 Å². The van der Waals surface area contributed by atoms with Gasteiger partial charge in [0.25, 0.3) is 5.91 Å². The standard InChI is InChI=1S/C26H23N7O2/c1-15-10-19(11-16(2)29-15)23-24(18-5-3-4-17(12-18)13-27)32-33-9-8-21(31-25(23)33)26(35)28-14-20-6-7-22(34)30-20/h3-5,8-12,20H,6-7,14H2,1-2H3,(H,28,35)(H,30,34)/t20-/m0/s1. The topological polar surface area (TPSA) is 125 Å². The fourth-order valence-corrected chi connectivity index (χ4v) is 4.38. The summed E-state index contributed by atoms with van der Waals surface area (Å²) in [6.45, 7) is 4.19. The first kappa shape index (κ1) is 22.2. The Balaban J connectivity index is 1.60. The molecule has 0 spiro atoms. The summed E-state index contributed by atoms with van der Waals surface area (Å²) in [5.74, 6) is -0.320. The summed E-state index contributed by atoms with van der Waals surface area (Å²) in [6, 6.07) is 14.9. The molecule has 174 valence electrons. The van der Waals surface area contributed by atoms with Crippen LogP contribution in [0.3, 0.4) is 0 Å². The smallest absolute Gasteiger partial charge is 0.270 e. The van der Waals surface area contributed by atoms with Crippen LogP contribution in [-0.4, -0.2) is 44.0 Å². The lowest BCUT2D eigenvalue weighted by Gasteiger charge is -2.11. The van der Waals surface area contributed by atoms with E-state index in [2.05, 4.69) is 26.7 Å². The molecule has 3 aromatic heterocycles. The van der Waals surface area contributed by atoms with E-state index >= 15 is 0 Å². The van der Waals surface area contributed by atoms with Crippen molar-refractivity contribution >= 4 is 17.5 Å². The van der Waals surface area contributed by atoms with Gasteiger partial charge in [-0.05, 0) is 56.2 Å². The maximum atomic E-state index is 12.9. The predicted molar refractivity (Wildman–Crippen MR) is 129 cm³/mol. The van der Waals surface area contributed by atoms with E-state index < -0.39 is 0 Å². The minimum atomic E-state index is -0.323. The van der Waals surface area contributed by atoms with Crippen LogP contribution in [0.25, 0.3) is 28.0 Å². The molecule has 1 aromatic carbocycles. The van der Waals surface area contributed by atoms with Crippen molar-refractivity contribution in [2.75, 3.05) is 6.54 Å². The van der Waals surface area contributed by atoms with Gasteiger partial charge in [-0.1, -0.05) is 12.1 Å². The molecule has 9 nitrogen and oxygen atoms in total. The number of hydrogen-bond acceptors (Lipinski definition) is 6. The largest absolute Gasteiger partial charge is 0.352 e. The van der Waals surface area contributed by atoms with Crippen LogP contribution in [0.4, 0.5) is 0 Å². The van der Waals surface area contributed by atoms with Crippen molar-refractivity contribution in [3.8, 4) is 28.5 Å². The Morgan fingerprint density at radius 2 is 1.97 bits per heavy atom. The Kier molecular flexibility index (Phi) is 5.71. The van der Waals surface area contributed by atoms with Crippen LogP contribution in [0.5, 0.6) is 0 Å². The van der Waals surface area contributed by atoms with Gasteiger partial charge < -0.3 is 10.6 Å². The molecule has 1 fully saturated rings. The highest BCUT2D eigenvalue weighted by atomic mass is 16.2. The number of benzene rings is 1. The number of pyridine rings is 1. The molecule has 0 aliphatic carbocycles. The van der Waals surface area contributed by atoms with E-state index in [9.17, 15) is 14.9 Å². The zero-order chi connectivity index (χ0) is 24.5. The van der Waals surface area contributed by atoms with Crippen molar-refractivity contribution in [3.05, 3.63) is 71.3 Å². The predicted octanol–water partition coefficient (Wildman–Crippen LogP) is 2.96. The van der Waals surface area contributed by atoms with E-state index in [0.29, 0.717) is 36.3 Å². The average Bonchev–Trinajstić information content (AvgIpc) is 3.44. The van der Waals surface area contributed by atoms with E-state index in [0.717, 1.165) is 28.1 Å². The van der Waals surface area contributed by atoms with Gasteiger partial charge in [0.1, 0.15) is 11.4 Å². The number of fused-ring (bicyclic) bond motifs is 1. The summed E-state index contributed by atoms with van der Waals surface area (Å²) >= 11 is 0. The van der Waals surface area contributed by atoms with E-state index in [1.54, 1.807) is 28.9 Å². The molecule has 0 bridgehead atoms. The van der Waals surface area contributed by atoms with Crippen LogP contribution in [0.2, 0.25) is 0 Å². The highest BCUT2D eigenvalue weighted by molar-refractivity contribution is 5.95. The summed E-state index contributed by atoms with van der Waals surface area (Å²) in [7, 11) is 0. The van der Waals surface area contributed by atoms with Gasteiger partial charge in [-0.15, -0.1) is 0 Å². The van der Waals surface area contributed by atoms with Gasteiger partial charge in [0, 0.05) is 42.2 Å². The third-order valence-corrected chi connectivity index (χ3v) is 5.95. The van der Waals surface area contributed by atoms with Crippen molar-refractivity contribution in [2.45, 2.75) is 32.7 Å². The van der Waals surface area contributed by atoms with Crippen molar-refractivity contribution in [1.29, 1.82) is 5.26 Å². The Bertz CT molecular complexity index is 1500. The average molecular weight is 466 g/mol. The molecule has 0 saturated carbocycles. The molecule has 2 N–H and O–H groups in total. The Morgan fingerprint density at radius 3 is 2.69 bits per heavy atom. The summed E-state index contributed by atoms with van der Waals surface area (Å²) in [6.07, 6.45) is 2.88. The number of hydrogen-bond donors (Lipinski definition) is 2. The first-order chi connectivity index (χ1) is 16.9. The quantitative estimate of drug-likeness (QED) is 0.467. The lowest BCUT2D eigenvalue weighted by Crippen LogP contribution is -2.38. The molecule has 35 heavy (non-hydrogen) atoms. The maximum absolute atomic E-state index is 12.9. The fourth-order valence-electron chi connectivity index (χ4n) is 4.38. The highest BCUT2D eigenvalue weighted by Gasteiger charge is 2.23. The van der Waals surface area contributed by atoms with Crippen molar-refractivity contribution in [1.82, 2.24) is 30.2 Å². The molecule has 0 unspecified atom stereocenters. The van der Waals surface area contributed by atoms with Gasteiger partial charge in [0.2, 0.25) is 5.91 Å². The van der Waals surface area contributed by atoms with Crippen molar-refractivity contribution in [3.63, 3.8) is 0 Å². The Morgan fingerprint density at radius 1 is 1.17 bits per heavy atom. The molecule has 1 atom stereocenters. The van der Waals surface area contributed by atoms with E-state index in [1.165, 1.54) is 0 Å². The monoisotopic (exact) mass is 465 g/mol. The first-order valence-electron chi connectivity index (χ1n) is 11.3. The summed E-state index contributed by atoms with van der Waals surface area (Å²) in [4.78, 5) is 33.5. The highest BCUT2D eigenvalue weighted by Crippen LogP contribution is 2.35. The third-order valence-electron chi connectivity index (χ3n) is 5.95. The second kappa shape index (κ2) is 8.99. The molecule has 1 aliphatic rings. The molecule has 9 heteroatoms. The minimum absolute atomic E-state index is 0.00336. The van der Waals surface area contributed by atoms with Gasteiger partial charge >= 0.3 is 0 Å². The molecule has 1 saturated heterocycles. The first-order valence-corrected chi connectivity index (χ1v) is 11.3. The third kappa shape index (κ3) is 4.46. The lowest BCUT2D eigenvalue weighted by molar-refractivity contribution is -0.119. The number of carbonyl (C=O) groups is 2. The minimum Gasteiger partial charge on any atom is -0.352 e. The normalized spacial score (nSPS) is 15.1. The summed E-state index contributed by atoms with van der Waals surface area (Å²) < 4.78 is 1.64. The molecule has 5 rings (SSSR count). The fraction of sp³-hybridized carbons (Fsp3) is 0.231. The molecule has 4 heterocycles. The van der Waals surface area contributed by atoms with Crippen LogP contribution < -0.4 is 10.6 Å². The van der Waals surface area contributed by atoms with Gasteiger partial charge in [-0.3, -0.25) is 14.6 Å². The number of amides is 2. The number of aryl methyl sites for hydroxylation is 2. The SMILES string of the molecule is Cc1cc(-c2c(-c3cccc(C#N)c3)nn3ccc(C(=O)NC[C@@H]4CCC(=O)N4)nc23)cc(C)n1. The number of carbonyl (C=O) groups excluding carboxylic acids is 2. The molecular formula is C26H23N7O2. The van der Waals surface area contributed by atoms with Crippen LogP contribution in [0.1, 0.15) is 40.3 Å². The van der Waals surface area contributed by atoms with Crippen LogP contribution in [-0.2, 0) is 4.79 Å². The Hall–Kier alpha value is -4.58. The van der Waals surface area contributed by atoms with E-state index in [4.69, 9.17) is 5.10 Å². The zero-order valence-electron chi connectivity index (χ0n) is 19.4. The summed E-state index contributed by atoms with van der Waals surface area (Å²) in [5, 5.41) is 19.9. The molecule has 1 aliphatic heterocycles. The lowest BCUT2D eigenvalue weighted by atomic mass is 9.99. The molecule has 2 amide bonds. The van der Waals surface area contributed by atoms with Crippen LogP contribution >= 0.6 is 0 Å². The second-order valence-corrected chi connectivity index (χ2v) is 8.65. The van der Waals surface area contributed by atoms with E-state index in [-0.39, 0.29) is 23.6 Å². The second-order valence-electron chi connectivity index (χ2n) is 8.65. The van der Waals surface area contributed by atoms with Crippen LogP contribution in [0.15, 0.2) is 48.7 Å². The maximum Gasteiger partial charge on any atom is 0.270 e. The van der Waals surface area contributed by atoms with Crippen molar-refractivity contribution in [2.24, 2.45) is 0 Å². The van der Waals surface area contributed by atoms with Gasteiger partial charge in [-0.2, -0.15) is 10.4 Å². The summed E-state index contributed by atoms with van der Waals surface area (Å²) in [5.41, 5.74) is 6.07. The van der Waals surface area contributed by atoms with Gasteiger partial charge in [0.05, 0.1) is 17.2 Å². The molecule has 4 aromatic rings. The number of nitrogens with one attached hydrogen (secondary N) is 2. The molecular weight excluding hydrogens is 442 g/mol. The van der Waals surface area contributed by atoms with E-state index in [1.807, 2.05) is 38.1 Å². The van der Waals surface area contributed by atoms with Crippen molar-refractivity contribution < 1.29 is 9.59 Å². The number of aromatic nitrogens is 4. The zero-order valence-corrected chi connectivity index (χ0v) is 19.4. The number of nitriles is 1. The number of nitrogens with zero attached hydrogens (tertiary/aromatic N) is 5. The molecule has 0 radical (unpaired) electrons.